The van der Waals surface area contributed by atoms with Crippen molar-refractivity contribution in [2.45, 2.75) is 48.6 Å². The molecule has 10 nitrogen and oxygen atoms in total. The number of pyridine rings is 1. The van der Waals surface area contributed by atoms with Crippen molar-refractivity contribution in [1.82, 2.24) is 24.3 Å². The Morgan fingerprint density at radius 3 is 2.71 bits per heavy atom. The number of nitrogens with one attached hydrogen (secondary N) is 1. The number of nitriles is 1. The van der Waals surface area contributed by atoms with Gasteiger partial charge in [0.2, 0.25) is 10.0 Å². The highest BCUT2D eigenvalue weighted by Crippen LogP contribution is 2.38. The van der Waals surface area contributed by atoms with Gasteiger partial charge in [0.25, 0.3) is 6.43 Å². The van der Waals surface area contributed by atoms with Gasteiger partial charge in [-0.15, -0.1) is 10.2 Å². The fraction of sp³-hybridized carbons (Fsp3) is 0.500. The van der Waals surface area contributed by atoms with Crippen LogP contribution in [0.3, 0.4) is 0 Å². The highest BCUT2D eigenvalue weighted by molar-refractivity contribution is 7.89. The zero-order chi connectivity index (χ0) is 24.1. The van der Waals surface area contributed by atoms with Gasteiger partial charge in [-0.1, -0.05) is 11.3 Å². The van der Waals surface area contributed by atoms with E-state index in [9.17, 15) is 22.5 Å². The number of hydrogen-bond acceptors (Lipinski definition) is 9. The van der Waals surface area contributed by atoms with Crippen LogP contribution >= 0.6 is 11.3 Å². The molecule has 0 unspecified atom stereocenters. The summed E-state index contributed by atoms with van der Waals surface area (Å²) in [6.07, 6.45) is 2.58. The fourth-order valence-corrected chi connectivity index (χ4v) is 6.09. The molecule has 1 N–H and O–H groups in total. The molecule has 0 aromatic carbocycles. The molecule has 1 aliphatic heterocycles. The Morgan fingerprint density at radius 1 is 1.35 bits per heavy atom. The number of hydrogen-bond donors (Lipinski definition) is 1. The lowest BCUT2D eigenvalue weighted by Gasteiger charge is -2.33. The molecule has 5 rings (SSSR count). The summed E-state index contributed by atoms with van der Waals surface area (Å²) in [6, 6.07) is 3.69. The number of anilines is 1. The molecule has 0 amide bonds. The first-order valence-corrected chi connectivity index (χ1v) is 12.9. The highest BCUT2D eigenvalue weighted by atomic mass is 32.2. The molecule has 1 aliphatic carbocycles. The number of sulfonamides is 1. The lowest BCUT2D eigenvalue weighted by Crippen LogP contribution is -2.38. The summed E-state index contributed by atoms with van der Waals surface area (Å²) in [5, 5.41) is 16.4. The van der Waals surface area contributed by atoms with Crippen molar-refractivity contribution in [3.63, 3.8) is 0 Å². The van der Waals surface area contributed by atoms with Gasteiger partial charge in [0, 0.05) is 32.5 Å². The molecule has 3 aromatic heterocycles. The van der Waals surface area contributed by atoms with Gasteiger partial charge in [0.1, 0.15) is 10.4 Å². The van der Waals surface area contributed by atoms with Gasteiger partial charge in [0.15, 0.2) is 15.8 Å². The van der Waals surface area contributed by atoms with E-state index in [1.807, 2.05) is 18.0 Å². The van der Waals surface area contributed by atoms with Crippen molar-refractivity contribution < 1.29 is 21.9 Å². The quantitative estimate of drug-likeness (QED) is 0.515. The minimum absolute atomic E-state index is 0.0618. The predicted molar refractivity (Wildman–Crippen MR) is 119 cm³/mol. The monoisotopic (exact) mass is 509 g/mol. The van der Waals surface area contributed by atoms with Crippen molar-refractivity contribution in [3.8, 4) is 16.9 Å². The molecule has 2 fully saturated rings. The number of ether oxygens (including phenoxy) is 1. The predicted octanol–water partition coefficient (Wildman–Crippen LogP) is 2.74. The van der Waals surface area contributed by atoms with E-state index in [1.54, 1.807) is 12.3 Å². The summed E-state index contributed by atoms with van der Waals surface area (Å²) in [6.45, 7) is 1.20. The van der Waals surface area contributed by atoms with E-state index in [0.717, 1.165) is 12.8 Å². The summed E-state index contributed by atoms with van der Waals surface area (Å²) in [5.41, 5.74) is 0.107. The van der Waals surface area contributed by atoms with Crippen LogP contribution in [0.1, 0.15) is 37.1 Å². The van der Waals surface area contributed by atoms with Crippen LogP contribution in [0.15, 0.2) is 23.4 Å². The van der Waals surface area contributed by atoms with Gasteiger partial charge in [-0.25, -0.2) is 22.2 Å². The summed E-state index contributed by atoms with van der Waals surface area (Å²) >= 11 is 0.699. The van der Waals surface area contributed by atoms with E-state index in [-0.39, 0.29) is 21.8 Å². The first-order valence-electron chi connectivity index (χ1n) is 10.6. The number of aromatic nitrogens is 4. The molecular weight excluding hydrogens is 488 g/mol. The standard InChI is InChI=1S/C20H21F2N7O3S2/c1-28(12-2-6-32-7-3-12)14-8-13(34(30,31)27-20(11-23)4-5-20)10-29-15(14)9-24-17(29)19-26-25-18(33-19)16(21)22/h8-10,12,16,27H,2-7H2,1H3. The van der Waals surface area contributed by atoms with E-state index >= 15 is 0 Å². The van der Waals surface area contributed by atoms with Gasteiger partial charge >= 0.3 is 0 Å². The molecule has 3 aromatic rings. The Balaban J connectivity index is 1.65. The Hall–Kier alpha value is -2.73. The largest absolute Gasteiger partial charge is 0.381 e. The average Bonchev–Trinajstić information content (AvgIpc) is 3.22. The molecule has 4 heterocycles. The SMILES string of the molecule is CN(c1cc(S(=O)(=O)NC2(C#N)CC2)cn2c(-c3nnc(C(F)F)s3)ncc12)C1CCOCC1. The lowest BCUT2D eigenvalue weighted by atomic mass is 10.1. The zero-order valence-electron chi connectivity index (χ0n) is 18.1. The normalized spacial score (nSPS) is 18.3. The topological polar surface area (TPSA) is 126 Å². The van der Waals surface area contributed by atoms with E-state index < -0.39 is 27.0 Å². The maximum Gasteiger partial charge on any atom is 0.291 e. The third-order valence-corrected chi connectivity index (χ3v) is 8.57. The number of halogens is 2. The van der Waals surface area contributed by atoms with Crippen molar-refractivity contribution in [1.29, 1.82) is 5.26 Å². The number of fused-ring (bicyclic) bond motifs is 1. The van der Waals surface area contributed by atoms with Crippen molar-refractivity contribution >= 4 is 32.6 Å². The molecule has 0 atom stereocenters. The first kappa shape index (κ1) is 23.0. The Bertz CT molecular complexity index is 1370. The molecule has 1 saturated heterocycles. The van der Waals surface area contributed by atoms with Crippen LogP contribution in [-0.2, 0) is 14.8 Å². The number of alkyl halides is 2. The van der Waals surface area contributed by atoms with Gasteiger partial charge in [-0.3, -0.25) is 4.40 Å². The summed E-state index contributed by atoms with van der Waals surface area (Å²) in [5.74, 6) is 0.208. The Morgan fingerprint density at radius 2 is 2.09 bits per heavy atom. The second-order valence-electron chi connectivity index (χ2n) is 8.40. The van der Waals surface area contributed by atoms with Gasteiger partial charge < -0.3 is 9.64 Å². The van der Waals surface area contributed by atoms with E-state index in [0.29, 0.717) is 48.6 Å². The van der Waals surface area contributed by atoms with Crippen LogP contribution < -0.4 is 9.62 Å². The average molecular weight is 510 g/mol. The molecule has 180 valence electrons. The van der Waals surface area contributed by atoms with Crippen LogP contribution in [0.5, 0.6) is 0 Å². The lowest BCUT2D eigenvalue weighted by molar-refractivity contribution is 0.0855. The minimum Gasteiger partial charge on any atom is -0.381 e. The van der Waals surface area contributed by atoms with Crippen molar-refractivity contribution in [2.24, 2.45) is 0 Å². The first-order chi connectivity index (χ1) is 16.2. The molecule has 0 bridgehead atoms. The van der Waals surface area contributed by atoms with Crippen LogP contribution in [0.25, 0.3) is 16.3 Å². The number of nitrogens with zero attached hydrogens (tertiary/aromatic N) is 6. The smallest absolute Gasteiger partial charge is 0.291 e. The van der Waals surface area contributed by atoms with Crippen LogP contribution in [0.2, 0.25) is 0 Å². The van der Waals surface area contributed by atoms with Crippen molar-refractivity contribution in [2.75, 3.05) is 25.2 Å². The third kappa shape index (κ3) is 4.13. The molecule has 34 heavy (non-hydrogen) atoms. The summed E-state index contributed by atoms with van der Waals surface area (Å²) < 4.78 is 62.1. The van der Waals surface area contributed by atoms with Crippen LogP contribution in [-0.4, -0.2) is 59.8 Å². The third-order valence-electron chi connectivity index (χ3n) is 6.14. The number of imidazole rings is 1. The van der Waals surface area contributed by atoms with E-state index in [4.69, 9.17) is 4.74 Å². The molecule has 1 saturated carbocycles. The van der Waals surface area contributed by atoms with Crippen LogP contribution in [0.4, 0.5) is 14.5 Å². The second-order valence-corrected chi connectivity index (χ2v) is 11.1. The Labute approximate surface area is 198 Å². The van der Waals surface area contributed by atoms with E-state index in [2.05, 4.69) is 19.9 Å². The second kappa shape index (κ2) is 8.49. The molecule has 14 heteroatoms. The summed E-state index contributed by atoms with van der Waals surface area (Å²) in [4.78, 5) is 6.29. The van der Waals surface area contributed by atoms with Gasteiger partial charge in [-0.05, 0) is 31.7 Å². The molecule has 0 radical (unpaired) electrons. The summed E-state index contributed by atoms with van der Waals surface area (Å²) in [7, 11) is -2.18. The molecule has 2 aliphatic rings. The van der Waals surface area contributed by atoms with Gasteiger partial charge in [0.05, 0.1) is 23.5 Å². The van der Waals surface area contributed by atoms with Crippen molar-refractivity contribution in [3.05, 3.63) is 23.5 Å². The maximum absolute atomic E-state index is 13.2. The molecule has 0 spiro atoms. The fourth-order valence-electron chi connectivity index (χ4n) is 4.00. The Kier molecular flexibility index (Phi) is 5.75. The zero-order valence-corrected chi connectivity index (χ0v) is 19.7. The van der Waals surface area contributed by atoms with E-state index in [1.165, 1.54) is 10.6 Å². The molecular formula is C20H21F2N7O3S2. The van der Waals surface area contributed by atoms with Gasteiger partial charge in [-0.2, -0.15) is 9.98 Å². The number of rotatable bonds is 7. The highest BCUT2D eigenvalue weighted by Gasteiger charge is 2.47. The maximum atomic E-state index is 13.2. The van der Waals surface area contributed by atoms with Crippen LogP contribution in [0, 0.1) is 11.3 Å². The minimum atomic E-state index is -4.06.